The van der Waals surface area contributed by atoms with Crippen molar-refractivity contribution < 1.29 is 32.2 Å². The van der Waals surface area contributed by atoms with E-state index in [4.69, 9.17) is 14.2 Å². The maximum absolute atomic E-state index is 13.5. The van der Waals surface area contributed by atoms with Gasteiger partial charge in [0.2, 0.25) is 11.7 Å². The molecule has 0 aliphatic carbocycles. The smallest absolute Gasteiger partial charge is 0.248 e. The number of carbonyl (C=O) groups is 1. The van der Waals surface area contributed by atoms with Gasteiger partial charge in [0.25, 0.3) is 0 Å². The number of rotatable bonds is 4. The van der Waals surface area contributed by atoms with Crippen molar-refractivity contribution in [1.29, 1.82) is 0 Å². The van der Waals surface area contributed by atoms with Crippen molar-refractivity contribution in [1.82, 2.24) is 0 Å². The van der Waals surface area contributed by atoms with Crippen LogP contribution in [0.4, 0.5) is 18.9 Å². The van der Waals surface area contributed by atoms with Crippen LogP contribution in [0, 0.1) is 17.5 Å². The number of hydrogen-bond acceptors (Lipinski definition) is 4. The topological polar surface area (TPSA) is 56.8 Å². The van der Waals surface area contributed by atoms with E-state index in [2.05, 4.69) is 5.32 Å². The Kier molecular flexibility index (Phi) is 5.01. The van der Waals surface area contributed by atoms with Crippen molar-refractivity contribution in [2.45, 2.75) is 0 Å². The highest BCUT2D eigenvalue weighted by molar-refractivity contribution is 6.02. The lowest BCUT2D eigenvalue weighted by atomic mass is 10.1. The largest absolute Gasteiger partial charge is 0.493 e. The summed E-state index contributed by atoms with van der Waals surface area (Å²) in [5.74, 6) is -3.00. The second-order valence-corrected chi connectivity index (χ2v) is 5.32. The van der Waals surface area contributed by atoms with Gasteiger partial charge in [0.15, 0.2) is 23.1 Å². The van der Waals surface area contributed by atoms with Crippen LogP contribution in [0.3, 0.4) is 0 Å². The van der Waals surface area contributed by atoms with E-state index in [0.717, 1.165) is 6.08 Å². The van der Waals surface area contributed by atoms with E-state index >= 15 is 0 Å². The minimum absolute atomic E-state index is 0.361. The fourth-order valence-corrected chi connectivity index (χ4v) is 2.35. The number of nitrogens with one attached hydrogen (secondary N) is 1. The molecule has 1 aliphatic rings. The molecule has 0 unspecified atom stereocenters. The van der Waals surface area contributed by atoms with Crippen LogP contribution >= 0.6 is 0 Å². The fraction of sp³-hybridized carbons (Fsp3) is 0.167. The summed E-state index contributed by atoms with van der Waals surface area (Å²) in [6, 6.07) is 4.22. The lowest BCUT2D eigenvalue weighted by Crippen LogP contribution is -2.16. The number of halogens is 3. The van der Waals surface area contributed by atoms with Gasteiger partial charge in [0.05, 0.1) is 12.8 Å². The summed E-state index contributed by atoms with van der Waals surface area (Å²) < 4.78 is 55.8. The van der Waals surface area contributed by atoms with Crippen LogP contribution in [-0.4, -0.2) is 26.2 Å². The number of methoxy groups -OCH3 is 1. The Morgan fingerprint density at radius 1 is 1.08 bits per heavy atom. The molecular weight excluding hydrogens is 351 g/mol. The first-order valence-corrected chi connectivity index (χ1v) is 7.59. The Labute approximate surface area is 147 Å². The molecule has 0 atom stereocenters. The van der Waals surface area contributed by atoms with E-state index in [1.165, 1.54) is 13.2 Å². The Morgan fingerprint density at radius 2 is 1.81 bits per heavy atom. The Morgan fingerprint density at radius 3 is 2.58 bits per heavy atom. The fourth-order valence-electron chi connectivity index (χ4n) is 2.35. The van der Waals surface area contributed by atoms with E-state index in [0.29, 0.717) is 48.2 Å². The lowest BCUT2D eigenvalue weighted by Gasteiger charge is -2.20. The zero-order valence-electron chi connectivity index (χ0n) is 13.6. The first-order valence-electron chi connectivity index (χ1n) is 7.59. The van der Waals surface area contributed by atoms with Gasteiger partial charge in [-0.1, -0.05) is 0 Å². The van der Waals surface area contributed by atoms with Gasteiger partial charge >= 0.3 is 0 Å². The molecule has 3 rings (SSSR count). The minimum atomic E-state index is -1.33. The number of amides is 1. The molecule has 0 saturated heterocycles. The van der Waals surface area contributed by atoms with Crippen molar-refractivity contribution >= 4 is 17.7 Å². The second-order valence-electron chi connectivity index (χ2n) is 5.32. The average Bonchev–Trinajstić information content (AvgIpc) is 2.63. The average molecular weight is 365 g/mol. The number of anilines is 1. The molecule has 1 heterocycles. The van der Waals surface area contributed by atoms with E-state index in [1.54, 1.807) is 12.1 Å². The molecule has 8 heteroatoms. The predicted octanol–water partition coefficient (Wildman–Crippen LogP) is 3.54. The molecule has 0 saturated carbocycles. The van der Waals surface area contributed by atoms with E-state index < -0.39 is 29.0 Å². The molecule has 0 bridgehead atoms. The second kappa shape index (κ2) is 7.38. The minimum Gasteiger partial charge on any atom is -0.493 e. The molecule has 0 fully saturated rings. The third kappa shape index (κ3) is 3.74. The molecule has 2 aromatic carbocycles. The van der Waals surface area contributed by atoms with Gasteiger partial charge in [-0.3, -0.25) is 4.79 Å². The van der Waals surface area contributed by atoms with Crippen molar-refractivity contribution in [2.24, 2.45) is 0 Å². The summed E-state index contributed by atoms with van der Waals surface area (Å²) in [4.78, 5) is 11.9. The monoisotopic (exact) mass is 365 g/mol. The molecule has 136 valence electrons. The normalized spacial score (nSPS) is 12.9. The predicted molar refractivity (Wildman–Crippen MR) is 88.0 cm³/mol. The molecule has 0 spiro atoms. The quantitative estimate of drug-likeness (QED) is 0.665. The van der Waals surface area contributed by atoms with Gasteiger partial charge < -0.3 is 19.5 Å². The van der Waals surface area contributed by atoms with Crippen LogP contribution in [0.1, 0.15) is 5.56 Å². The Bertz CT molecular complexity index is 866. The maximum Gasteiger partial charge on any atom is 0.248 e. The SMILES string of the molecule is COc1cc(C=CC(=O)Nc2cc(F)c(F)cc2F)cc2c1OCCO2. The summed E-state index contributed by atoms with van der Waals surface area (Å²) in [7, 11) is 1.47. The highest BCUT2D eigenvalue weighted by Crippen LogP contribution is 2.40. The van der Waals surface area contributed by atoms with Crippen molar-refractivity contribution in [3.05, 3.63) is 53.4 Å². The molecule has 1 N–H and O–H groups in total. The zero-order valence-corrected chi connectivity index (χ0v) is 13.6. The first kappa shape index (κ1) is 17.7. The van der Waals surface area contributed by atoms with Crippen LogP contribution in [0.2, 0.25) is 0 Å². The molecule has 26 heavy (non-hydrogen) atoms. The number of ether oxygens (including phenoxy) is 3. The molecule has 1 amide bonds. The van der Waals surface area contributed by atoms with Crippen LogP contribution in [0.5, 0.6) is 17.2 Å². The Balaban J connectivity index is 1.77. The van der Waals surface area contributed by atoms with Crippen LogP contribution in [0.25, 0.3) is 6.08 Å². The summed E-state index contributed by atoms with van der Waals surface area (Å²) in [5, 5.41) is 2.14. The van der Waals surface area contributed by atoms with Crippen molar-refractivity contribution in [3.8, 4) is 17.2 Å². The highest BCUT2D eigenvalue weighted by Gasteiger charge is 2.18. The third-order valence-electron chi connectivity index (χ3n) is 3.55. The number of carbonyl (C=O) groups excluding carboxylic acids is 1. The van der Waals surface area contributed by atoms with Gasteiger partial charge in [-0.2, -0.15) is 0 Å². The summed E-state index contributed by atoms with van der Waals surface area (Å²) >= 11 is 0. The van der Waals surface area contributed by atoms with E-state index in [1.807, 2.05) is 0 Å². The summed E-state index contributed by atoms with van der Waals surface area (Å²) in [6.07, 6.45) is 2.55. The van der Waals surface area contributed by atoms with Gasteiger partial charge in [-0.15, -0.1) is 0 Å². The highest BCUT2D eigenvalue weighted by atomic mass is 19.2. The van der Waals surface area contributed by atoms with Gasteiger partial charge in [0.1, 0.15) is 19.0 Å². The van der Waals surface area contributed by atoms with Crippen molar-refractivity contribution in [3.63, 3.8) is 0 Å². The van der Waals surface area contributed by atoms with Crippen LogP contribution in [0.15, 0.2) is 30.3 Å². The zero-order chi connectivity index (χ0) is 18.7. The third-order valence-corrected chi connectivity index (χ3v) is 3.55. The summed E-state index contributed by atoms with van der Waals surface area (Å²) in [6.45, 7) is 0.792. The lowest BCUT2D eigenvalue weighted by molar-refractivity contribution is -0.111. The first-order chi connectivity index (χ1) is 12.5. The number of hydrogen-bond donors (Lipinski definition) is 1. The van der Waals surface area contributed by atoms with E-state index in [9.17, 15) is 18.0 Å². The van der Waals surface area contributed by atoms with Gasteiger partial charge in [-0.05, 0) is 23.8 Å². The standard InChI is InChI=1S/C18H14F3NO4/c1-24-15-6-10(7-16-18(15)26-5-4-25-16)2-3-17(23)22-14-9-12(20)11(19)8-13(14)21/h2-3,6-9H,4-5H2,1H3,(H,22,23). The molecule has 5 nitrogen and oxygen atoms in total. The molecule has 2 aromatic rings. The molecule has 0 aromatic heterocycles. The Hall–Kier alpha value is -3.16. The van der Waals surface area contributed by atoms with Gasteiger partial charge in [0, 0.05) is 18.2 Å². The van der Waals surface area contributed by atoms with Gasteiger partial charge in [-0.25, -0.2) is 13.2 Å². The molecule has 0 radical (unpaired) electrons. The van der Waals surface area contributed by atoms with Crippen molar-refractivity contribution in [2.75, 3.05) is 25.6 Å². The van der Waals surface area contributed by atoms with Crippen LogP contribution in [-0.2, 0) is 4.79 Å². The van der Waals surface area contributed by atoms with Crippen LogP contribution < -0.4 is 19.5 Å². The summed E-state index contributed by atoms with van der Waals surface area (Å²) in [5.41, 5.74) is 0.116. The number of benzene rings is 2. The molecule has 1 aliphatic heterocycles. The molecular formula is C18H14F3NO4. The van der Waals surface area contributed by atoms with E-state index in [-0.39, 0.29) is 0 Å². The number of fused-ring (bicyclic) bond motifs is 1. The maximum atomic E-state index is 13.5.